The van der Waals surface area contributed by atoms with Crippen LogP contribution in [0.25, 0.3) is 0 Å². The third-order valence-corrected chi connectivity index (χ3v) is 2.28. The maximum atomic E-state index is 13.0. The van der Waals surface area contributed by atoms with Crippen molar-refractivity contribution in [3.05, 3.63) is 0 Å². The lowest BCUT2D eigenvalue weighted by Crippen LogP contribution is -2.69. The second kappa shape index (κ2) is 4.84. The van der Waals surface area contributed by atoms with E-state index in [4.69, 9.17) is 5.11 Å². The van der Waals surface area contributed by atoms with Gasteiger partial charge in [-0.2, -0.15) is 39.5 Å². The average Bonchev–Trinajstić information content (AvgIpc) is 2.20. The zero-order valence-electron chi connectivity index (χ0n) is 8.77. The van der Waals surface area contributed by atoms with E-state index < -0.39 is 42.6 Å². The molecule has 0 rings (SSSR count). The first kappa shape index (κ1) is 19.1. The Hall–Kier alpha value is -0.880. The molecule has 0 bridgehead atoms. The quantitative estimate of drug-likeness (QED) is 0.786. The monoisotopic (exact) mass is 332 g/mol. The molecular weight excluding hydrogens is 328 g/mol. The van der Waals surface area contributed by atoms with Gasteiger partial charge in [-0.15, -0.1) is 0 Å². The maximum Gasteiger partial charge on any atom is 0.434 e. The summed E-state index contributed by atoms with van der Waals surface area (Å²) in [7, 11) is 0. The van der Waals surface area contributed by atoms with Crippen LogP contribution in [0.15, 0.2) is 0 Å². The SMILES string of the molecule is OC[C@](F)([C@@H](F)C(F)(C(F)(F)F)C(F)(F)F)C(F)(F)F. The van der Waals surface area contributed by atoms with Crippen molar-refractivity contribution < 1.29 is 57.8 Å². The van der Waals surface area contributed by atoms with E-state index in [9.17, 15) is 52.7 Å². The Bertz CT molecular complexity index is 325. The van der Waals surface area contributed by atoms with Gasteiger partial charge in [0.05, 0.1) is 6.61 Å². The molecule has 0 aromatic rings. The Labute approximate surface area is 102 Å². The molecule has 0 fully saturated rings. The Kier molecular flexibility index (Phi) is 4.63. The van der Waals surface area contributed by atoms with E-state index in [0.717, 1.165) is 0 Å². The van der Waals surface area contributed by atoms with Gasteiger partial charge in [0.2, 0.25) is 0 Å². The Morgan fingerprint density at radius 3 is 1.10 bits per heavy atom. The molecule has 13 heteroatoms. The van der Waals surface area contributed by atoms with Crippen LogP contribution in [0.3, 0.4) is 0 Å². The van der Waals surface area contributed by atoms with Crippen molar-refractivity contribution in [2.75, 3.05) is 6.61 Å². The van der Waals surface area contributed by atoms with Crippen molar-refractivity contribution in [1.82, 2.24) is 0 Å². The number of hydrogen-bond donors (Lipinski definition) is 1. The lowest BCUT2D eigenvalue weighted by Gasteiger charge is -2.39. The Morgan fingerprint density at radius 2 is 0.950 bits per heavy atom. The van der Waals surface area contributed by atoms with Crippen LogP contribution in [-0.4, -0.2) is 47.8 Å². The second-order valence-electron chi connectivity index (χ2n) is 3.59. The number of aliphatic hydroxyl groups is 1. The summed E-state index contributed by atoms with van der Waals surface area (Å²) in [6.45, 7) is -3.17. The molecule has 2 atom stereocenters. The maximum absolute atomic E-state index is 13.0. The van der Waals surface area contributed by atoms with Crippen LogP contribution in [0, 0.1) is 0 Å². The fourth-order valence-electron chi connectivity index (χ4n) is 1.08. The van der Waals surface area contributed by atoms with Gasteiger partial charge in [0.25, 0.3) is 5.67 Å². The zero-order chi connectivity index (χ0) is 16.8. The molecule has 0 spiro atoms. The zero-order valence-corrected chi connectivity index (χ0v) is 8.77. The molecular formula is C7H4F12O. The molecule has 0 saturated carbocycles. The first-order valence-corrected chi connectivity index (χ1v) is 4.29. The molecule has 0 aromatic carbocycles. The predicted octanol–water partition coefficient (Wildman–Crippen LogP) is 3.42. The smallest absolute Gasteiger partial charge is 0.393 e. The normalized spacial score (nSPS) is 19.6. The van der Waals surface area contributed by atoms with Crippen LogP contribution in [-0.2, 0) is 0 Å². The summed E-state index contributed by atoms with van der Waals surface area (Å²) in [6, 6.07) is 0. The van der Waals surface area contributed by atoms with Crippen LogP contribution < -0.4 is 0 Å². The first-order chi connectivity index (χ1) is 8.47. The van der Waals surface area contributed by atoms with Gasteiger partial charge in [0, 0.05) is 0 Å². The number of hydrogen-bond acceptors (Lipinski definition) is 1. The molecule has 0 radical (unpaired) electrons. The van der Waals surface area contributed by atoms with Gasteiger partial charge < -0.3 is 5.11 Å². The van der Waals surface area contributed by atoms with E-state index in [1.165, 1.54) is 0 Å². The highest BCUT2D eigenvalue weighted by molar-refractivity contribution is 5.11. The summed E-state index contributed by atoms with van der Waals surface area (Å²) in [5.41, 5.74) is -13.2. The molecule has 0 aliphatic carbocycles. The van der Waals surface area contributed by atoms with E-state index in [0.29, 0.717) is 0 Å². The molecule has 0 amide bonds. The van der Waals surface area contributed by atoms with Gasteiger partial charge in [-0.25, -0.2) is 13.2 Å². The summed E-state index contributed by atoms with van der Waals surface area (Å²) in [4.78, 5) is 0. The summed E-state index contributed by atoms with van der Waals surface area (Å²) in [5.74, 6) is 0. The molecule has 0 aliphatic rings. The predicted molar refractivity (Wildman–Crippen MR) is 37.8 cm³/mol. The van der Waals surface area contributed by atoms with Gasteiger partial charge >= 0.3 is 24.2 Å². The molecule has 0 unspecified atom stereocenters. The molecule has 20 heavy (non-hydrogen) atoms. The average molecular weight is 332 g/mol. The summed E-state index contributed by atoms with van der Waals surface area (Å²) >= 11 is 0. The van der Waals surface area contributed by atoms with Crippen molar-refractivity contribution >= 4 is 0 Å². The van der Waals surface area contributed by atoms with Crippen LogP contribution in [0.5, 0.6) is 0 Å². The van der Waals surface area contributed by atoms with Gasteiger partial charge in [-0.05, 0) is 0 Å². The molecule has 0 aliphatic heterocycles. The Morgan fingerprint density at radius 1 is 0.650 bits per heavy atom. The highest BCUT2D eigenvalue weighted by atomic mass is 19.4. The molecule has 0 aromatic heterocycles. The van der Waals surface area contributed by atoms with Crippen molar-refractivity contribution in [1.29, 1.82) is 0 Å². The highest BCUT2D eigenvalue weighted by Crippen LogP contribution is 2.54. The van der Waals surface area contributed by atoms with E-state index in [2.05, 4.69) is 0 Å². The van der Waals surface area contributed by atoms with Crippen LogP contribution in [0.4, 0.5) is 52.7 Å². The lowest BCUT2D eigenvalue weighted by atomic mass is 9.86. The number of halogens is 12. The molecule has 1 N–H and O–H groups in total. The van der Waals surface area contributed by atoms with Gasteiger partial charge in [0.15, 0.2) is 6.17 Å². The lowest BCUT2D eigenvalue weighted by molar-refractivity contribution is -0.384. The first-order valence-electron chi connectivity index (χ1n) is 4.29. The minimum absolute atomic E-state index is 3.17. The highest BCUT2D eigenvalue weighted by Gasteiger charge is 2.83. The van der Waals surface area contributed by atoms with Crippen LogP contribution >= 0.6 is 0 Å². The van der Waals surface area contributed by atoms with Gasteiger partial charge in [-0.3, -0.25) is 0 Å². The summed E-state index contributed by atoms with van der Waals surface area (Å²) in [5, 5.41) is 7.95. The number of alkyl halides is 12. The fraction of sp³-hybridized carbons (Fsp3) is 1.00. The van der Waals surface area contributed by atoms with Crippen LogP contribution in [0.2, 0.25) is 0 Å². The van der Waals surface area contributed by atoms with E-state index in [1.54, 1.807) is 0 Å². The molecule has 1 nitrogen and oxygen atoms in total. The molecule has 122 valence electrons. The second-order valence-corrected chi connectivity index (χ2v) is 3.59. The van der Waals surface area contributed by atoms with Crippen molar-refractivity contribution in [3.63, 3.8) is 0 Å². The van der Waals surface area contributed by atoms with E-state index in [1.807, 2.05) is 0 Å². The van der Waals surface area contributed by atoms with E-state index >= 15 is 0 Å². The molecule has 0 heterocycles. The van der Waals surface area contributed by atoms with Crippen molar-refractivity contribution in [2.45, 2.75) is 36.0 Å². The largest absolute Gasteiger partial charge is 0.434 e. The molecule has 0 saturated heterocycles. The summed E-state index contributed by atoms with van der Waals surface area (Å²) in [6.07, 6.45) is -27.0. The number of rotatable bonds is 3. The van der Waals surface area contributed by atoms with Crippen LogP contribution in [0.1, 0.15) is 0 Å². The minimum atomic E-state index is -7.23. The third-order valence-electron chi connectivity index (χ3n) is 2.28. The van der Waals surface area contributed by atoms with Gasteiger partial charge in [-0.1, -0.05) is 0 Å². The Balaban J connectivity index is 6.13. The standard InChI is InChI=1S/C7H4F12O/c8-2(3(9,1-20)5(11,12)13)4(10,6(14,15)16)7(17,18)19/h2,20H,1H2/t2-,3+/m1/s1. The van der Waals surface area contributed by atoms with Crippen molar-refractivity contribution in [2.24, 2.45) is 0 Å². The fourth-order valence-corrected chi connectivity index (χ4v) is 1.08. The third kappa shape index (κ3) is 2.63. The number of aliphatic hydroxyl groups excluding tert-OH is 1. The van der Waals surface area contributed by atoms with Gasteiger partial charge in [0.1, 0.15) is 0 Å². The topological polar surface area (TPSA) is 20.2 Å². The van der Waals surface area contributed by atoms with Crippen molar-refractivity contribution in [3.8, 4) is 0 Å². The van der Waals surface area contributed by atoms with E-state index in [-0.39, 0.29) is 0 Å². The minimum Gasteiger partial charge on any atom is -0.393 e. The summed E-state index contributed by atoms with van der Waals surface area (Å²) < 4.78 is 147.